The molecule has 2 bridgehead atoms. The number of carboxylic acid groups (broad SMARTS) is 1. The zero-order valence-electron chi connectivity index (χ0n) is 42.5. The SMILES string of the molecule is CO[C@H]1C[C@@H]2CC[C@@H](C)[C@@](O)(O2)C(=O)C(=O)N2CCCCC2C(=O)O[C@H]([C@H](C)C[C@@H]2CC[C@@H](OC(=O)O)[C@H](OC)C2)CC(=O)[C@H](C)/C=C(\C)[C@@H](C)[C@@H](OC)C(=O)[C@H](C)C[C@H](C)/C=C/C=CC=C1C. The van der Waals surface area contributed by atoms with Crippen molar-refractivity contribution < 1.29 is 67.4 Å². The fourth-order valence-electron chi connectivity index (χ4n) is 10.6. The van der Waals surface area contributed by atoms with Gasteiger partial charge in [-0.2, -0.15) is 0 Å². The van der Waals surface area contributed by atoms with Gasteiger partial charge in [-0.15, -0.1) is 0 Å². The maximum absolute atomic E-state index is 14.5. The summed E-state index contributed by atoms with van der Waals surface area (Å²) < 4.78 is 34.9. The molecule has 15 atom stereocenters. The van der Waals surface area contributed by atoms with Gasteiger partial charge >= 0.3 is 12.1 Å². The van der Waals surface area contributed by atoms with E-state index in [4.69, 9.17) is 28.4 Å². The van der Waals surface area contributed by atoms with Crippen molar-refractivity contribution in [3.8, 4) is 0 Å². The molecule has 3 fully saturated rings. The van der Waals surface area contributed by atoms with E-state index in [0.717, 1.165) is 11.1 Å². The summed E-state index contributed by atoms with van der Waals surface area (Å²) in [5.41, 5.74) is 1.69. The average Bonchev–Trinajstić information content (AvgIpc) is 3.30. The van der Waals surface area contributed by atoms with E-state index in [0.29, 0.717) is 64.2 Å². The lowest BCUT2D eigenvalue weighted by Crippen LogP contribution is -2.61. The van der Waals surface area contributed by atoms with Crippen LogP contribution < -0.4 is 0 Å². The summed E-state index contributed by atoms with van der Waals surface area (Å²) in [7, 11) is 4.61. The van der Waals surface area contributed by atoms with Crippen LogP contribution in [0.25, 0.3) is 0 Å². The van der Waals surface area contributed by atoms with Crippen molar-refractivity contribution in [2.45, 2.75) is 181 Å². The van der Waals surface area contributed by atoms with Crippen LogP contribution in [0.15, 0.2) is 47.6 Å². The Morgan fingerprint density at radius 2 is 1.57 bits per heavy atom. The quantitative estimate of drug-likeness (QED) is 0.141. The van der Waals surface area contributed by atoms with Crippen molar-refractivity contribution in [2.75, 3.05) is 27.9 Å². The summed E-state index contributed by atoms with van der Waals surface area (Å²) in [4.78, 5) is 83.7. The molecule has 4 aliphatic rings. The molecule has 0 spiro atoms. The molecule has 2 N–H and O–H groups in total. The number of carbonyl (C=O) groups is 6. The van der Waals surface area contributed by atoms with Crippen molar-refractivity contribution in [3.63, 3.8) is 0 Å². The second-order valence-electron chi connectivity index (χ2n) is 20.3. The summed E-state index contributed by atoms with van der Waals surface area (Å²) >= 11 is 0. The third kappa shape index (κ3) is 15.0. The van der Waals surface area contributed by atoms with E-state index in [-0.39, 0.29) is 60.5 Å². The molecule has 1 aliphatic carbocycles. The van der Waals surface area contributed by atoms with Crippen molar-refractivity contribution >= 4 is 35.4 Å². The minimum Gasteiger partial charge on any atom is -0.460 e. The minimum absolute atomic E-state index is 0.0255. The molecule has 0 aromatic rings. The standard InChI is InChI=1S/C53H81NO14/c1-31-17-13-12-14-18-32(2)44(63-9)29-40-22-20-37(7)53(62,68-40)49(57)50(58)54-24-16-15-19-41(54)51(59)66-45(35(5)27-39-21-23-43(67-52(60)61)46(28-39)64-10)30-42(55)34(4)26-33(3)38(8)48(65-11)47(56)36(6)25-31/h12-14,17-18,26,31,34-41,43-46,48,62H,15-16,19-25,27-30H2,1-11H3,(H,60,61)/b14-12?,17-13+,32-18?,33-26+/t31-,34-,35-,36-,37-,38-,39+,40+,41?,43-,44+,45+,46-,48-,53-/m1/s1. The van der Waals surface area contributed by atoms with E-state index in [9.17, 15) is 39.0 Å². The molecular formula is C53H81NO14. The molecule has 382 valence electrons. The van der Waals surface area contributed by atoms with Crippen LogP contribution in [0.2, 0.25) is 0 Å². The average molecular weight is 956 g/mol. The predicted octanol–water partition coefficient (Wildman–Crippen LogP) is 8.16. The molecule has 1 amide bonds. The van der Waals surface area contributed by atoms with E-state index in [1.54, 1.807) is 21.0 Å². The predicted molar refractivity (Wildman–Crippen MR) is 255 cm³/mol. The summed E-state index contributed by atoms with van der Waals surface area (Å²) in [5.74, 6) is -7.83. The number of piperidine rings is 1. The minimum atomic E-state index is -2.44. The molecule has 1 saturated carbocycles. The number of aliphatic hydroxyl groups is 1. The number of hydrogen-bond donors (Lipinski definition) is 2. The number of fused-ring (bicyclic) bond motifs is 3. The molecule has 2 saturated heterocycles. The largest absolute Gasteiger partial charge is 0.506 e. The normalized spacial score (nSPS) is 37.8. The highest BCUT2D eigenvalue weighted by Crippen LogP contribution is 2.38. The third-order valence-corrected chi connectivity index (χ3v) is 15.1. The molecule has 3 aliphatic heterocycles. The first-order valence-corrected chi connectivity index (χ1v) is 24.9. The molecule has 15 nitrogen and oxygen atoms in total. The van der Waals surface area contributed by atoms with Crippen LogP contribution in [0.1, 0.15) is 132 Å². The molecule has 4 rings (SSSR count). The van der Waals surface area contributed by atoms with Crippen molar-refractivity contribution in [2.24, 2.45) is 41.4 Å². The summed E-state index contributed by atoms with van der Waals surface area (Å²) in [5, 5.41) is 21.3. The van der Waals surface area contributed by atoms with Crippen LogP contribution in [0, 0.1) is 41.4 Å². The van der Waals surface area contributed by atoms with E-state index in [1.165, 1.54) is 19.1 Å². The van der Waals surface area contributed by atoms with Gasteiger partial charge in [0.2, 0.25) is 5.79 Å². The molecule has 1 unspecified atom stereocenters. The lowest BCUT2D eigenvalue weighted by atomic mass is 9.78. The number of rotatable bonds is 7. The molecule has 0 radical (unpaired) electrons. The topological polar surface area (TPSA) is 201 Å². The Balaban J connectivity index is 1.70. The number of hydrogen-bond acceptors (Lipinski definition) is 13. The van der Waals surface area contributed by atoms with E-state index < -0.39 is 84.1 Å². The van der Waals surface area contributed by atoms with Crippen LogP contribution in [-0.4, -0.2) is 127 Å². The highest BCUT2D eigenvalue weighted by Gasteiger charge is 2.53. The molecule has 68 heavy (non-hydrogen) atoms. The Labute approximate surface area is 404 Å². The number of ether oxygens (including phenoxy) is 6. The van der Waals surface area contributed by atoms with Crippen LogP contribution in [0.5, 0.6) is 0 Å². The second-order valence-corrected chi connectivity index (χ2v) is 20.3. The van der Waals surface area contributed by atoms with Gasteiger partial charge in [-0.25, -0.2) is 9.59 Å². The van der Waals surface area contributed by atoms with Gasteiger partial charge < -0.3 is 43.5 Å². The smallest absolute Gasteiger partial charge is 0.460 e. The number of cyclic esters (lactones) is 1. The Hall–Kier alpha value is -4.02. The Morgan fingerprint density at radius 1 is 0.853 bits per heavy atom. The maximum atomic E-state index is 14.5. The number of Topliss-reactive ketones (excluding diaryl/α,β-unsaturated/α-hetero) is 3. The number of carbonyl (C=O) groups excluding carboxylic acids is 5. The lowest BCUT2D eigenvalue weighted by molar-refractivity contribution is -0.265. The van der Waals surface area contributed by atoms with Crippen molar-refractivity contribution in [3.05, 3.63) is 47.6 Å². The van der Waals surface area contributed by atoms with Gasteiger partial charge in [-0.3, -0.25) is 19.2 Å². The number of amides is 1. The van der Waals surface area contributed by atoms with Crippen molar-refractivity contribution in [1.82, 2.24) is 4.90 Å². The van der Waals surface area contributed by atoms with Crippen LogP contribution >= 0.6 is 0 Å². The van der Waals surface area contributed by atoms with Gasteiger partial charge in [0, 0.05) is 64.4 Å². The maximum Gasteiger partial charge on any atom is 0.506 e. The van der Waals surface area contributed by atoms with Gasteiger partial charge in [-0.1, -0.05) is 83.6 Å². The number of allylic oxidation sites excluding steroid dienone is 6. The van der Waals surface area contributed by atoms with Crippen LogP contribution in [0.3, 0.4) is 0 Å². The zero-order chi connectivity index (χ0) is 50.5. The van der Waals surface area contributed by atoms with E-state index in [1.807, 2.05) is 71.1 Å². The Morgan fingerprint density at radius 3 is 2.24 bits per heavy atom. The van der Waals surface area contributed by atoms with Gasteiger partial charge in [0.05, 0.1) is 18.3 Å². The van der Waals surface area contributed by atoms with E-state index >= 15 is 0 Å². The summed E-state index contributed by atoms with van der Waals surface area (Å²) in [6.45, 7) is 15.1. The fourth-order valence-corrected chi connectivity index (χ4v) is 10.6. The van der Waals surface area contributed by atoms with Gasteiger partial charge in [0.1, 0.15) is 30.1 Å². The highest BCUT2D eigenvalue weighted by atomic mass is 16.7. The number of ketones is 3. The summed E-state index contributed by atoms with van der Waals surface area (Å²) in [6.07, 6.45) is 11.5. The second kappa shape index (κ2) is 26.3. The third-order valence-electron chi connectivity index (χ3n) is 15.1. The molecule has 0 aromatic heterocycles. The van der Waals surface area contributed by atoms with E-state index in [2.05, 4.69) is 6.92 Å². The van der Waals surface area contributed by atoms with Gasteiger partial charge in [-0.05, 0) is 101 Å². The zero-order valence-corrected chi connectivity index (χ0v) is 42.5. The first-order chi connectivity index (χ1) is 32.1. The summed E-state index contributed by atoms with van der Waals surface area (Å²) in [6, 6.07) is -1.15. The molecular weight excluding hydrogens is 875 g/mol. The highest BCUT2D eigenvalue weighted by molar-refractivity contribution is 6.39. The van der Waals surface area contributed by atoms with Crippen molar-refractivity contribution in [1.29, 1.82) is 0 Å². The Bertz CT molecular complexity index is 1870. The number of nitrogens with zero attached hydrogens (tertiary/aromatic N) is 1. The fraction of sp³-hybridized carbons (Fsp3) is 0.736. The first-order valence-electron chi connectivity index (χ1n) is 24.9. The van der Waals surface area contributed by atoms with Gasteiger partial charge in [0.15, 0.2) is 5.78 Å². The monoisotopic (exact) mass is 956 g/mol. The Kier molecular flexibility index (Phi) is 21.8. The van der Waals surface area contributed by atoms with Crippen LogP contribution in [0.4, 0.5) is 4.79 Å². The molecule has 15 heteroatoms. The first kappa shape index (κ1) is 56.6. The lowest BCUT2D eigenvalue weighted by Gasteiger charge is -2.42. The van der Waals surface area contributed by atoms with Gasteiger partial charge in [0.25, 0.3) is 11.7 Å². The number of esters is 1. The number of methoxy groups -OCH3 is 3. The molecule has 0 aromatic carbocycles. The molecule has 3 heterocycles. The van der Waals surface area contributed by atoms with Crippen LogP contribution in [-0.2, 0) is 52.4 Å².